The summed E-state index contributed by atoms with van der Waals surface area (Å²) in [4.78, 5) is 0. The molecule has 0 aliphatic heterocycles. The molecule has 0 unspecified atom stereocenters. The summed E-state index contributed by atoms with van der Waals surface area (Å²) in [6, 6.07) is 0. The SMILES string of the molecule is CCCC[S+](CCCC)CCCC.Cl. The molecule has 0 N–H and O–H groups in total. The van der Waals surface area contributed by atoms with Gasteiger partial charge in [-0.25, -0.2) is 0 Å². The second-order valence-corrected chi connectivity index (χ2v) is 6.23. The Morgan fingerprint density at radius 3 is 1.14 bits per heavy atom. The summed E-state index contributed by atoms with van der Waals surface area (Å²) in [6.45, 7) is 6.92. The summed E-state index contributed by atoms with van der Waals surface area (Å²) in [7, 11) is 0.776. The highest BCUT2D eigenvalue weighted by Crippen LogP contribution is 2.08. The van der Waals surface area contributed by atoms with Crippen LogP contribution in [0.3, 0.4) is 0 Å². The van der Waals surface area contributed by atoms with E-state index >= 15 is 0 Å². The summed E-state index contributed by atoms with van der Waals surface area (Å²) in [5, 5.41) is 0. The summed E-state index contributed by atoms with van der Waals surface area (Å²) in [5.74, 6) is 4.53. The van der Waals surface area contributed by atoms with Crippen LogP contribution in [0.1, 0.15) is 59.3 Å². The molecule has 0 aliphatic rings. The fourth-order valence-corrected chi connectivity index (χ4v) is 4.05. The van der Waals surface area contributed by atoms with Crippen molar-refractivity contribution in [2.75, 3.05) is 17.3 Å². The first-order valence-electron chi connectivity index (χ1n) is 5.99. The first-order valence-corrected chi connectivity index (χ1v) is 7.72. The fourth-order valence-electron chi connectivity index (χ4n) is 1.35. The van der Waals surface area contributed by atoms with Crippen molar-refractivity contribution in [2.45, 2.75) is 59.3 Å². The van der Waals surface area contributed by atoms with Crippen LogP contribution in [0.5, 0.6) is 0 Å². The molecule has 0 atom stereocenters. The Kier molecular flexibility index (Phi) is 16.6. The molecule has 0 aromatic heterocycles. The number of unbranched alkanes of at least 4 members (excludes halogenated alkanes) is 3. The molecule has 0 saturated carbocycles. The molecule has 0 nitrogen and oxygen atoms in total. The van der Waals surface area contributed by atoms with Gasteiger partial charge in [0.1, 0.15) is 17.3 Å². The Hall–Kier alpha value is 0.640. The zero-order valence-electron chi connectivity index (χ0n) is 10.2. The van der Waals surface area contributed by atoms with E-state index in [9.17, 15) is 0 Å². The third-order valence-corrected chi connectivity index (χ3v) is 4.96. The molecule has 2 heteroatoms. The van der Waals surface area contributed by atoms with Crippen LogP contribution in [0.4, 0.5) is 0 Å². The molecular formula is C12H28ClS+. The molecule has 0 amide bonds. The van der Waals surface area contributed by atoms with Gasteiger partial charge >= 0.3 is 0 Å². The average Bonchev–Trinajstić information content (AvgIpc) is 2.17. The Morgan fingerprint density at radius 1 is 0.643 bits per heavy atom. The third kappa shape index (κ3) is 10.7. The molecule has 0 fully saturated rings. The Morgan fingerprint density at radius 2 is 0.929 bits per heavy atom. The van der Waals surface area contributed by atoms with E-state index in [1.165, 1.54) is 55.8 Å². The predicted octanol–water partition coefficient (Wildman–Crippen LogP) is 4.43. The lowest BCUT2D eigenvalue weighted by molar-refractivity contribution is 0.853. The molecular weight excluding hydrogens is 212 g/mol. The summed E-state index contributed by atoms with van der Waals surface area (Å²) >= 11 is 0. The van der Waals surface area contributed by atoms with E-state index in [0.29, 0.717) is 0 Å². The van der Waals surface area contributed by atoms with Crippen LogP contribution in [0.2, 0.25) is 0 Å². The van der Waals surface area contributed by atoms with Gasteiger partial charge in [-0.1, -0.05) is 40.0 Å². The van der Waals surface area contributed by atoms with Gasteiger partial charge in [-0.2, -0.15) is 0 Å². The Bertz CT molecular complexity index is 77.3. The van der Waals surface area contributed by atoms with E-state index in [1.54, 1.807) is 0 Å². The first kappa shape index (κ1) is 17.0. The van der Waals surface area contributed by atoms with E-state index in [1.807, 2.05) is 0 Å². The maximum Gasteiger partial charge on any atom is 0.108 e. The molecule has 0 radical (unpaired) electrons. The van der Waals surface area contributed by atoms with Gasteiger partial charge in [0.15, 0.2) is 0 Å². The van der Waals surface area contributed by atoms with Crippen molar-refractivity contribution in [3.63, 3.8) is 0 Å². The van der Waals surface area contributed by atoms with Crippen molar-refractivity contribution in [3.8, 4) is 0 Å². The van der Waals surface area contributed by atoms with Gasteiger partial charge in [-0.15, -0.1) is 12.4 Å². The number of halogens is 1. The zero-order valence-corrected chi connectivity index (χ0v) is 11.8. The van der Waals surface area contributed by atoms with Gasteiger partial charge in [0.25, 0.3) is 0 Å². The quantitative estimate of drug-likeness (QED) is 0.523. The van der Waals surface area contributed by atoms with E-state index < -0.39 is 0 Å². The van der Waals surface area contributed by atoms with E-state index in [2.05, 4.69) is 20.8 Å². The van der Waals surface area contributed by atoms with Crippen LogP contribution in [-0.4, -0.2) is 17.3 Å². The van der Waals surface area contributed by atoms with Crippen LogP contribution >= 0.6 is 12.4 Å². The van der Waals surface area contributed by atoms with Gasteiger partial charge in [0.2, 0.25) is 0 Å². The summed E-state index contributed by atoms with van der Waals surface area (Å²) < 4.78 is 0. The van der Waals surface area contributed by atoms with Gasteiger partial charge in [-0.05, 0) is 30.2 Å². The van der Waals surface area contributed by atoms with Crippen molar-refractivity contribution < 1.29 is 0 Å². The lowest BCUT2D eigenvalue weighted by Gasteiger charge is -2.07. The van der Waals surface area contributed by atoms with Gasteiger partial charge in [0, 0.05) is 0 Å². The highest BCUT2D eigenvalue weighted by molar-refractivity contribution is 7.96. The van der Waals surface area contributed by atoms with Crippen molar-refractivity contribution in [2.24, 2.45) is 0 Å². The number of hydrogen-bond acceptors (Lipinski definition) is 0. The second kappa shape index (κ2) is 13.6. The van der Waals surface area contributed by atoms with Crippen LogP contribution < -0.4 is 0 Å². The van der Waals surface area contributed by atoms with Crippen LogP contribution in [0.15, 0.2) is 0 Å². The monoisotopic (exact) mass is 239 g/mol. The first-order chi connectivity index (χ1) is 6.35. The molecule has 0 spiro atoms. The maximum atomic E-state index is 2.31. The van der Waals surface area contributed by atoms with Crippen molar-refractivity contribution in [1.29, 1.82) is 0 Å². The summed E-state index contributed by atoms with van der Waals surface area (Å²) in [5.41, 5.74) is 0. The van der Waals surface area contributed by atoms with Gasteiger partial charge in [0.05, 0.1) is 0 Å². The standard InChI is InChI=1S/C12H27S.ClH/c1-4-7-10-13(11-8-5-2)12-9-6-3;/h4-12H2,1-3H3;1H/q+1;. The molecule has 0 aromatic rings. The predicted molar refractivity (Wildman–Crippen MR) is 73.9 cm³/mol. The van der Waals surface area contributed by atoms with Crippen molar-refractivity contribution in [1.82, 2.24) is 0 Å². The Balaban J connectivity index is 0. The molecule has 0 bridgehead atoms. The second-order valence-electron chi connectivity index (χ2n) is 3.79. The summed E-state index contributed by atoms with van der Waals surface area (Å²) in [6.07, 6.45) is 8.49. The Labute approximate surface area is 100.0 Å². The van der Waals surface area contributed by atoms with Crippen molar-refractivity contribution in [3.05, 3.63) is 0 Å². The smallest absolute Gasteiger partial charge is 0.108 e. The molecule has 0 aliphatic carbocycles. The highest BCUT2D eigenvalue weighted by atomic mass is 35.5. The lowest BCUT2D eigenvalue weighted by atomic mass is 10.4. The van der Waals surface area contributed by atoms with Crippen LogP contribution in [0.25, 0.3) is 0 Å². The molecule has 14 heavy (non-hydrogen) atoms. The fraction of sp³-hybridized carbons (Fsp3) is 1.00. The highest BCUT2D eigenvalue weighted by Gasteiger charge is 2.14. The van der Waals surface area contributed by atoms with E-state index in [0.717, 1.165) is 10.9 Å². The normalized spacial score (nSPS) is 10.3. The largest absolute Gasteiger partial charge is 0.147 e. The minimum atomic E-state index is 0. The third-order valence-electron chi connectivity index (χ3n) is 2.36. The lowest BCUT2D eigenvalue weighted by Crippen LogP contribution is -2.16. The van der Waals surface area contributed by atoms with Gasteiger partial charge in [-0.3, -0.25) is 0 Å². The maximum absolute atomic E-state index is 2.31. The minimum Gasteiger partial charge on any atom is -0.147 e. The molecule has 0 rings (SSSR count). The average molecular weight is 240 g/mol. The number of rotatable bonds is 9. The molecule has 0 saturated heterocycles. The van der Waals surface area contributed by atoms with Crippen LogP contribution in [-0.2, 0) is 10.9 Å². The zero-order chi connectivity index (χ0) is 9.94. The molecule has 0 aromatic carbocycles. The molecule has 0 heterocycles. The van der Waals surface area contributed by atoms with Gasteiger partial charge < -0.3 is 0 Å². The molecule has 88 valence electrons. The van der Waals surface area contributed by atoms with Crippen molar-refractivity contribution >= 4 is 23.3 Å². The topological polar surface area (TPSA) is 0 Å². The van der Waals surface area contributed by atoms with E-state index in [-0.39, 0.29) is 12.4 Å². The minimum absolute atomic E-state index is 0. The number of hydrogen-bond donors (Lipinski definition) is 0. The van der Waals surface area contributed by atoms with E-state index in [4.69, 9.17) is 0 Å². The van der Waals surface area contributed by atoms with Crippen LogP contribution in [0, 0.1) is 0 Å².